The number of nitrogens with zero attached hydrogens (tertiary/aromatic N) is 1. The molecule has 0 N–H and O–H groups in total. The lowest BCUT2D eigenvalue weighted by atomic mass is 10.1. The minimum atomic E-state index is -3.28. The van der Waals surface area contributed by atoms with E-state index in [0.29, 0.717) is 11.3 Å². The number of hydrogen-bond donors (Lipinski definition) is 0. The van der Waals surface area contributed by atoms with Crippen molar-refractivity contribution in [3.8, 4) is 11.8 Å². The topological polar surface area (TPSA) is 76.4 Å². The van der Waals surface area contributed by atoms with Gasteiger partial charge < -0.3 is 9.26 Å². The number of hydrogen-bond acceptors (Lipinski definition) is 5. The van der Waals surface area contributed by atoms with Gasteiger partial charge in [-0.2, -0.15) is 5.26 Å². The SMILES string of the molecule is CCO[P@](C)(=O)[C@@H](C#N)C(=O)c1ccc(OC)cc1. The number of benzene rings is 1. The summed E-state index contributed by atoms with van der Waals surface area (Å²) in [5, 5.41) is 9.07. The maximum Gasteiger partial charge on any atom is 0.224 e. The molecule has 0 amide bonds. The number of methoxy groups -OCH3 is 1. The summed E-state index contributed by atoms with van der Waals surface area (Å²) in [6.07, 6.45) is 0. The molecular formula is C13H16NO4P. The molecule has 1 aromatic rings. The summed E-state index contributed by atoms with van der Waals surface area (Å²) in [5.74, 6) is 0.110. The lowest BCUT2D eigenvalue weighted by Crippen LogP contribution is -2.20. The van der Waals surface area contributed by atoms with E-state index in [-0.39, 0.29) is 6.61 Å². The molecule has 0 aliphatic heterocycles. The molecule has 5 nitrogen and oxygen atoms in total. The van der Waals surface area contributed by atoms with Crippen LogP contribution in [0.1, 0.15) is 17.3 Å². The summed E-state index contributed by atoms with van der Waals surface area (Å²) in [4.78, 5) is 12.2. The van der Waals surface area contributed by atoms with Crippen LogP contribution >= 0.6 is 7.37 Å². The summed E-state index contributed by atoms with van der Waals surface area (Å²) in [5.41, 5.74) is -0.963. The number of carbonyl (C=O) groups is 1. The summed E-state index contributed by atoms with van der Waals surface area (Å²) in [6, 6.07) is 8.09. The Morgan fingerprint density at radius 3 is 2.42 bits per heavy atom. The Balaban J connectivity index is 3.02. The molecule has 2 atom stereocenters. The molecule has 0 aromatic heterocycles. The highest BCUT2D eigenvalue weighted by molar-refractivity contribution is 7.60. The van der Waals surface area contributed by atoms with Crippen LogP contribution in [0.15, 0.2) is 24.3 Å². The van der Waals surface area contributed by atoms with Crippen LogP contribution in [-0.4, -0.2) is 31.8 Å². The molecule has 1 aromatic carbocycles. The van der Waals surface area contributed by atoms with E-state index in [1.165, 1.54) is 25.9 Å². The van der Waals surface area contributed by atoms with Crippen LogP contribution in [0, 0.1) is 11.3 Å². The first-order valence-electron chi connectivity index (χ1n) is 5.76. The maximum absolute atomic E-state index is 12.2. The van der Waals surface area contributed by atoms with Gasteiger partial charge in [0.15, 0.2) is 11.4 Å². The van der Waals surface area contributed by atoms with Crippen LogP contribution in [0.4, 0.5) is 0 Å². The van der Waals surface area contributed by atoms with Gasteiger partial charge in [-0.25, -0.2) is 0 Å². The van der Waals surface area contributed by atoms with Gasteiger partial charge >= 0.3 is 0 Å². The number of ether oxygens (including phenoxy) is 1. The van der Waals surface area contributed by atoms with Crippen LogP contribution in [0.3, 0.4) is 0 Å². The second-order valence-electron chi connectivity index (χ2n) is 3.95. The van der Waals surface area contributed by atoms with Gasteiger partial charge in [0, 0.05) is 12.2 Å². The van der Waals surface area contributed by atoms with E-state index in [9.17, 15) is 9.36 Å². The Morgan fingerprint density at radius 1 is 1.42 bits per heavy atom. The molecule has 0 spiro atoms. The van der Waals surface area contributed by atoms with Crippen LogP contribution in [0.2, 0.25) is 0 Å². The zero-order chi connectivity index (χ0) is 14.5. The van der Waals surface area contributed by atoms with Crippen molar-refractivity contribution in [2.75, 3.05) is 20.4 Å². The molecule has 6 heteroatoms. The van der Waals surface area contributed by atoms with Crippen LogP contribution in [0.25, 0.3) is 0 Å². The summed E-state index contributed by atoms with van der Waals surface area (Å²) < 4.78 is 22.2. The van der Waals surface area contributed by atoms with E-state index in [0.717, 1.165) is 0 Å². The molecule has 0 saturated carbocycles. The highest BCUT2D eigenvalue weighted by atomic mass is 31.2. The number of carbonyl (C=O) groups excluding carboxylic acids is 1. The Hall–Kier alpha value is -1.63. The van der Waals surface area contributed by atoms with E-state index in [1.54, 1.807) is 25.1 Å². The standard InChI is InChI=1S/C13H16NO4P/c1-4-18-19(3,16)12(9-14)13(15)10-5-7-11(17-2)8-6-10/h5-8,12H,4H2,1-3H3/t12-,19-/m0/s1. The van der Waals surface area contributed by atoms with E-state index in [1.807, 2.05) is 0 Å². The van der Waals surface area contributed by atoms with Gasteiger partial charge in [-0.3, -0.25) is 9.36 Å². The predicted molar refractivity (Wildman–Crippen MR) is 71.9 cm³/mol. The molecule has 0 radical (unpaired) electrons. The summed E-state index contributed by atoms with van der Waals surface area (Å²) >= 11 is 0. The normalized spacial score (nSPS) is 15.1. The molecule has 1 rings (SSSR count). The Labute approximate surface area is 112 Å². The van der Waals surface area contributed by atoms with Crippen molar-refractivity contribution >= 4 is 13.2 Å². The van der Waals surface area contributed by atoms with Gasteiger partial charge in [-0.05, 0) is 31.2 Å². The lowest BCUT2D eigenvalue weighted by Gasteiger charge is -2.17. The molecule has 0 aliphatic carbocycles. The van der Waals surface area contributed by atoms with Gasteiger partial charge in [0.25, 0.3) is 0 Å². The third-order valence-electron chi connectivity index (χ3n) is 2.60. The van der Waals surface area contributed by atoms with E-state index in [4.69, 9.17) is 14.5 Å². The Bertz CT molecular complexity index is 533. The zero-order valence-electron chi connectivity index (χ0n) is 11.1. The Kier molecular flexibility index (Phi) is 5.29. The fourth-order valence-electron chi connectivity index (χ4n) is 1.62. The van der Waals surface area contributed by atoms with Crippen molar-refractivity contribution in [3.63, 3.8) is 0 Å². The zero-order valence-corrected chi connectivity index (χ0v) is 12.0. The highest BCUT2D eigenvalue weighted by Gasteiger charge is 2.36. The highest BCUT2D eigenvalue weighted by Crippen LogP contribution is 2.48. The third-order valence-corrected chi connectivity index (χ3v) is 4.66. The summed E-state index contributed by atoms with van der Waals surface area (Å²) in [6.45, 7) is 3.18. The first-order valence-corrected chi connectivity index (χ1v) is 7.90. The summed E-state index contributed by atoms with van der Waals surface area (Å²) in [7, 11) is -1.77. The van der Waals surface area contributed by atoms with E-state index >= 15 is 0 Å². The second-order valence-corrected chi connectivity index (χ2v) is 6.54. The largest absolute Gasteiger partial charge is 0.497 e. The van der Waals surface area contributed by atoms with Gasteiger partial charge in [0.05, 0.1) is 19.8 Å². The fraction of sp³-hybridized carbons (Fsp3) is 0.385. The van der Waals surface area contributed by atoms with Crippen molar-refractivity contribution in [1.82, 2.24) is 0 Å². The number of Topliss-reactive ketones (excluding diaryl/α,β-unsaturated/α-hetero) is 1. The van der Waals surface area contributed by atoms with E-state index < -0.39 is 18.8 Å². The van der Waals surface area contributed by atoms with Crippen molar-refractivity contribution in [3.05, 3.63) is 29.8 Å². The monoisotopic (exact) mass is 281 g/mol. The van der Waals surface area contributed by atoms with Gasteiger partial charge in [-0.15, -0.1) is 0 Å². The average molecular weight is 281 g/mol. The van der Waals surface area contributed by atoms with Crippen molar-refractivity contribution in [2.24, 2.45) is 0 Å². The van der Waals surface area contributed by atoms with Crippen LogP contribution < -0.4 is 4.74 Å². The number of nitriles is 1. The first-order chi connectivity index (χ1) is 8.96. The quantitative estimate of drug-likeness (QED) is 0.592. The number of rotatable bonds is 6. The van der Waals surface area contributed by atoms with Gasteiger partial charge in [0.1, 0.15) is 5.75 Å². The molecule has 0 fully saturated rings. The lowest BCUT2D eigenvalue weighted by molar-refractivity contribution is 0.0996. The van der Waals surface area contributed by atoms with Crippen molar-refractivity contribution in [2.45, 2.75) is 12.6 Å². The number of ketones is 1. The van der Waals surface area contributed by atoms with Crippen molar-refractivity contribution in [1.29, 1.82) is 5.26 Å². The molecule has 0 heterocycles. The van der Waals surface area contributed by atoms with E-state index in [2.05, 4.69) is 0 Å². The first kappa shape index (κ1) is 15.4. The minimum Gasteiger partial charge on any atom is -0.497 e. The van der Waals surface area contributed by atoms with Crippen molar-refractivity contribution < 1.29 is 18.6 Å². The smallest absolute Gasteiger partial charge is 0.224 e. The molecule has 102 valence electrons. The molecule has 0 saturated heterocycles. The minimum absolute atomic E-state index is 0.196. The fourth-order valence-corrected chi connectivity index (χ4v) is 3.07. The predicted octanol–water partition coefficient (Wildman–Crippen LogP) is 2.71. The molecule has 0 bridgehead atoms. The molecule has 0 unspecified atom stereocenters. The average Bonchev–Trinajstić information content (AvgIpc) is 2.39. The molecule has 0 aliphatic rings. The van der Waals surface area contributed by atoms with Crippen LogP contribution in [-0.2, 0) is 9.09 Å². The van der Waals surface area contributed by atoms with Gasteiger partial charge in [-0.1, -0.05) is 0 Å². The van der Waals surface area contributed by atoms with Crippen LogP contribution in [0.5, 0.6) is 5.75 Å². The molecular weight excluding hydrogens is 265 g/mol. The van der Waals surface area contributed by atoms with Gasteiger partial charge in [0.2, 0.25) is 7.37 Å². The third kappa shape index (κ3) is 3.66. The molecule has 19 heavy (non-hydrogen) atoms. The Morgan fingerprint density at radius 2 is 2.00 bits per heavy atom. The maximum atomic E-state index is 12.2. The second kappa shape index (κ2) is 6.51.